The smallest absolute Gasteiger partial charge is 0.387 e. The van der Waals surface area contributed by atoms with E-state index in [1.54, 1.807) is 0 Å². The van der Waals surface area contributed by atoms with Gasteiger partial charge in [0, 0.05) is 6.92 Å². The summed E-state index contributed by atoms with van der Waals surface area (Å²) in [5.74, 6) is -0.637. The Balaban J connectivity index is 1.92. The van der Waals surface area contributed by atoms with Crippen LogP contribution in [0.25, 0.3) is 11.2 Å². The molecule has 4 atom stereocenters. The maximum atomic E-state index is 12.1. The van der Waals surface area contributed by atoms with Crippen molar-refractivity contribution in [2.45, 2.75) is 31.5 Å². The predicted octanol–water partition coefficient (Wildman–Crippen LogP) is -2.19. The SMILES string of the molecule is CC(=O)Nc1nc2c(ncn2[C@@H]2O[C@H](COP(=O)(O)O)C(O)[C@@H]2O)c(=O)[nH]1. The van der Waals surface area contributed by atoms with E-state index in [9.17, 15) is 24.4 Å². The van der Waals surface area contributed by atoms with Crippen molar-refractivity contribution in [3.05, 3.63) is 16.7 Å². The molecule has 2 aromatic heterocycles. The van der Waals surface area contributed by atoms with Gasteiger partial charge in [0.15, 0.2) is 17.4 Å². The Morgan fingerprint density at radius 1 is 1.44 bits per heavy atom. The van der Waals surface area contributed by atoms with Crippen LogP contribution < -0.4 is 10.9 Å². The van der Waals surface area contributed by atoms with Gasteiger partial charge in [0.2, 0.25) is 11.9 Å². The lowest BCUT2D eigenvalue weighted by Gasteiger charge is -2.16. The van der Waals surface area contributed by atoms with Crippen LogP contribution in [0.2, 0.25) is 0 Å². The summed E-state index contributed by atoms with van der Waals surface area (Å²) in [6.07, 6.45) is -4.45. The summed E-state index contributed by atoms with van der Waals surface area (Å²) < 4.78 is 21.7. The molecule has 1 unspecified atom stereocenters. The van der Waals surface area contributed by atoms with Crippen LogP contribution in [0, 0.1) is 0 Å². The van der Waals surface area contributed by atoms with Gasteiger partial charge in [-0.2, -0.15) is 4.98 Å². The molecule has 1 saturated heterocycles. The fourth-order valence-electron chi connectivity index (χ4n) is 2.61. The van der Waals surface area contributed by atoms with Crippen LogP contribution in [0.1, 0.15) is 13.2 Å². The number of rotatable bonds is 5. The number of carbonyl (C=O) groups is 1. The van der Waals surface area contributed by atoms with Crippen molar-refractivity contribution in [1.82, 2.24) is 19.5 Å². The molecule has 15 heteroatoms. The molecule has 0 aliphatic carbocycles. The number of nitrogens with zero attached hydrogens (tertiary/aromatic N) is 3. The van der Waals surface area contributed by atoms with Crippen LogP contribution in [0.3, 0.4) is 0 Å². The van der Waals surface area contributed by atoms with E-state index in [1.807, 2.05) is 0 Å². The third-order valence-corrected chi connectivity index (χ3v) is 4.23. The molecular formula is C12H16N5O9P. The summed E-state index contributed by atoms with van der Waals surface area (Å²) in [6.45, 7) is 0.532. The van der Waals surface area contributed by atoms with E-state index in [-0.39, 0.29) is 17.1 Å². The minimum Gasteiger partial charge on any atom is -0.387 e. The monoisotopic (exact) mass is 405 g/mol. The van der Waals surface area contributed by atoms with Gasteiger partial charge >= 0.3 is 7.82 Å². The molecular weight excluding hydrogens is 389 g/mol. The van der Waals surface area contributed by atoms with Crippen molar-refractivity contribution >= 4 is 30.8 Å². The first kappa shape index (κ1) is 19.6. The van der Waals surface area contributed by atoms with E-state index in [1.165, 1.54) is 6.92 Å². The number of anilines is 1. The quantitative estimate of drug-likeness (QED) is 0.294. The number of hydrogen-bond donors (Lipinski definition) is 6. The first-order valence-electron chi connectivity index (χ1n) is 7.53. The number of aliphatic hydroxyl groups excluding tert-OH is 2. The molecule has 1 aliphatic heterocycles. The molecule has 0 saturated carbocycles. The van der Waals surface area contributed by atoms with Crippen LogP contribution in [0.4, 0.5) is 5.95 Å². The van der Waals surface area contributed by atoms with E-state index in [2.05, 4.69) is 24.8 Å². The van der Waals surface area contributed by atoms with Crippen LogP contribution in [0.15, 0.2) is 11.1 Å². The molecule has 0 radical (unpaired) electrons. The first-order chi connectivity index (χ1) is 12.6. The number of aromatic amines is 1. The zero-order valence-electron chi connectivity index (χ0n) is 13.7. The summed E-state index contributed by atoms with van der Waals surface area (Å²) in [6, 6.07) is 0. The molecule has 1 fully saturated rings. The molecule has 148 valence electrons. The van der Waals surface area contributed by atoms with Gasteiger partial charge in [0.05, 0.1) is 12.9 Å². The highest BCUT2D eigenvalue weighted by atomic mass is 31.2. The second-order valence-corrected chi connectivity index (χ2v) is 6.99. The summed E-state index contributed by atoms with van der Waals surface area (Å²) in [5, 5.41) is 22.6. The minimum atomic E-state index is -4.80. The number of carbonyl (C=O) groups excluding carboxylic acids is 1. The Morgan fingerprint density at radius 3 is 2.78 bits per heavy atom. The van der Waals surface area contributed by atoms with Gasteiger partial charge in [0.1, 0.15) is 18.3 Å². The third kappa shape index (κ3) is 4.06. The van der Waals surface area contributed by atoms with Gasteiger partial charge in [0.25, 0.3) is 5.56 Å². The number of hydrogen-bond acceptors (Lipinski definition) is 9. The van der Waals surface area contributed by atoms with Crippen molar-refractivity contribution in [2.24, 2.45) is 0 Å². The van der Waals surface area contributed by atoms with Gasteiger partial charge in [-0.15, -0.1) is 0 Å². The zero-order valence-corrected chi connectivity index (χ0v) is 14.6. The number of fused-ring (bicyclic) bond motifs is 1. The lowest BCUT2D eigenvalue weighted by molar-refractivity contribution is -0.114. The van der Waals surface area contributed by atoms with Gasteiger partial charge in [-0.1, -0.05) is 0 Å². The number of phosphoric acid groups is 1. The standard InChI is InChI=1S/C12H16N5O9P/c1-4(18)14-12-15-9-6(10(21)16-12)13-3-17(9)11-8(20)7(19)5(26-11)2-25-27(22,23)24/h3,5,7-8,11,19-20H,2H2,1H3,(H2,22,23,24)(H2,14,15,16,18,21)/t5-,7?,8+,11-/m1/s1. The fraction of sp³-hybridized carbons (Fsp3) is 0.500. The number of nitrogens with one attached hydrogen (secondary N) is 2. The zero-order chi connectivity index (χ0) is 19.9. The maximum absolute atomic E-state index is 12.1. The first-order valence-corrected chi connectivity index (χ1v) is 9.06. The summed E-state index contributed by atoms with van der Waals surface area (Å²) >= 11 is 0. The lowest BCUT2D eigenvalue weighted by Crippen LogP contribution is -2.33. The van der Waals surface area contributed by atoms with Crippen LogP contribution in [0.5, 0.6) is 0 Å². The number of amides is 1. The molecule has 2 aromatic rings. The van der Waals surface area contributed by atoms with Crippen LogP contribution in [-0.2, 0) is 18.6 Å². The minimum absolute atomic E-state index is 0.0460. The Kier molecular flexibility index (Phi) is 5.14. The van der Waals surface area contributed by atoms with Crippen LogP contribution >= 0.6 is 7.82 Å². The fourth-order valence-corrected chi connectivity index (χ4v) is 2.95. The highest BCUT2D eigenvalue weighted by Crippen LogP contribution is 2.38. The highest BCUT2D eigenvalue weighted by molar-refractivity contribution is 7.46. The molecule has 3 rings (SSSR count). The number of aliphatic hydroxyl groups is 2. The average molecular weight is 405 g/mol. The number of imidazole rings is 1. The summed E-state index contributed by atoms with van der Waals surface area (Å²) in [5.41, 5.74) is -0.809. The molecule has 1 amide bonds. The molecule has 0 spiro atoms. The molecule has 1 aliphatic rings. The van der Waals surface area contributed by atoms with Crippen molar-refractivity contribution in [3.63, 3.8) is 0 Å². The Hall–Kier alpha value is -2.19. The van der Waals surface area contributed by atoms with E-state index < -0.39 is 50.4 Å². The Morgan fingerprint density at radius 2 is 2.15 bits per heavy atom. The number of aromatic nitrogens is 4. The predicted molar refractivity (Wildman–Crippen MR) is 86.4 cm³/mol. The van der Waals surface area contributed by atoms with Crippen molar-refractivity contribution in [1.29, 1.82) is 0 Å². The molecule has 14 nitrogen and oxygen atoms in total. The number of H-pyrrole nitrogens is 1. The second kappa shape index (κ2) is 7.09. The number of ether oxygens (including phenoxy) is 1. The van der Waals surface area contributed by atoms with E-state index in [4.69, 9.17) is 14.5 Å². The number of phosphoric ester groups is 1. The van der Waals surface area contributed by atoms with E-state index in [0.29, 0.717) is 0 Å². The van der Waals surface area contributed by atoms with Gasteiger partial charge < -0.3 is 24.7 Å². The summed E-state index contributed by atoms with van der Waals surface area (Å²) in [4.78, 5) is 50.9. The van der Waals surface area contributed by atoms with Crippen LogP contribution in [-0.4, -0.2) is 70.3 Å². The molecule has 3 heterocycles. The molecule has 6 N–H and O–H groups in total. The van der Waals surface area contributed by atoms with Gasteiger partial charge in [-0.25, -0.2) is 9.55 Å². The molecule has 27 heavy (non-hydrogen) atoms. The van der Waals surface area contributed by atoms with E-state index in [0.717, 1.165) is 10.9 Å². The van der Waals surface area contributed by atoms with Crippen molar-refractivity contribution < 1.29 is 38.6 Å². The van der Waals surface area contributed by atoms with Gasteiger partial charge in [-0.3, -0.25) is 29.0 Å². The second-order valence-electron chi connectivity index (χ2n) is 5.75. The average Bonchev–Trinajstić information content (AvgIpc) is 3.07. The third-order valence-electron chi connectivity index (χ3n) is 3.75. The Labute approximate surface area is 150 Å². The summed E-state index contributed by atoms with van der Waals surface area (Å²) in [7, 11) is -4.80. The lowest BCUT2D eigenvalue weighted by atomic mass is 10.1. The molecule has 0 bridgehead atoms. The largest absolute Gasteiger partial charge is 0.469 e. The molecule has 0 aromatic carbocycles. The van der Waals surface area contributed by atoms with Crippen molar-refractivity contribution in [2.75, 3.05) is 11.9 Å². The van der Waals surface area contributed by atoms with Crippen molar-refractivity contribution in [3.8, 4) is 0 Å². The maximum Gasteiger partial charge on any atom is 0.469 e. The topological polar surface area (TPSA) is 209 Å². The van der Waals surface area contributed by atoms with E-state index >= 15 is 0 Å². The highest BCUT2D eigenvalue weighted by Gasteiger charge is 2.45. The van der Waals surface area contributed by atoms with Gasteiger partial charge in [-0.05, 0) is 0 Å². The normalized spacial score (nSPS) is 25.8. The Bertz CT molecular complexity index is 968.